The number of pyridine rings is 1. The molecule has 0 unspecified atom stereocenters. The van der Waals surface area contributed by atoms with Crippen molar-refractivity contribution in [2.24, 2.45) is 0 Å². The highest BCUT2D eigenvalue weighted by Gasteiger charge is 2.24. The molecule has 6 nitrogen and oxygen atoms in total. The van der Waals surface area contributed by atoms with Gasteiger partial charge in [0.15, 0.2) is 0 Å². The number of amides is 1. The minimum atomic E-state index is -1.04. The summed E-state index contributed by atoms with van der Waals surface area (Å²) in [6.45, 7) is 0.153. The molecule has 0 saturated carbocycles. The molecule has 20 heavy (non-hydrogen) atoms. The molecule has 1 N–H and O–H groups in total. The van der Waals surface area contributed by atoms with E-state index < -0.39 is 22.3 Å². The van der Waals surface area contributed by atoms with Crippen LogP contribution in [0.2, 0.25) is 0 Å². The number of nitrogens with zero attached hydrogens (tertiary/aromatic N) is 2. The Bertz CT molecular complexity index is 647. The van der Waals surface area contributed by atoms with Gasteiger partial charge in [0, 0.05) is 18.9 Å². The van der Waals surface area contributed by atoms with E-state index in [1.54, 1.807) is 24.5 Å². The van der Waals surface area contributed by atoms with Crippen LogP contribution in [0.25, 0.3) is 0 Å². The number of hydrogen-bond acceptors (Lipinski definition) is 4. The Labute approximate surface area is 113 Å². The van der Waals surface area contributed by atoms with Crippen LogP contribution in [0.5, 0.6) is 0 Å². The number of rotatable bonds is 4. The molecule has 1 aromatic heterocycles. The summed E-state index contributed by atoms with van der Waals surface area (Å²) in [5, 5.41) is 13.3. The van der Waals surface area contributed by atoms with Crippen molar-refractivity contribution >= 4 is 11.6 Å². The lowest BCUT2D eigenvalue weighted by Gasteiger charge is -2.06. The Morgan fingerprint density at radius 2 is 2.15 bits per heavy atom. The van der Waals surface area contributed by atoms with Gasteiger partial charge in [0.2, 0.25) is 5.82 Å². The van der Waals surface area contributed by atoms with Crippen molar-refractivity contribution in [2.45, 2.75) is 6.54 Å². The first kappa shape index (κ1) is 13.6. The lowest BCUT2D eigenvalue weighted by Crippen LogP contribution is -2.24. The number of nitro groups is 1. The van der Waals surface area contributed by atoms with Gasteiger partial charge in [0.25, 0.3) is 5.91 Å². The van der Waals surface area contributed by atoms with Gasteiger partial charge in [-0.3, -0.25) is 19.9 Å². The van der Waals surface area contributed by atoms with Crippen LogP contribution in [0.1, 0.15) is 15.9 Å². The van der Waals surface area contributed by atoms with Gasteiger partial charge in [-0.05, 0) is 23.8 Å². The van der Waals surface area contributed by atoms with E-state index in [1.807, 2.05) is 0 Å². The van der Waals surface area contributed by atoms with Crippen LogP contribution in [-0.4, -0.2) is 15.8 Å². The van der Waals surface area contributed by atoms with Crippen LogP contribution in [-0.2, 0) is 6.54 Å². The number of benzene rings is 1. The first-order valence-electron chi connectivity index (χ1n) is 5.69. The van der Waals surface area contributed by atoms with E-state index in [1.165, 1.54) is 12.1 Å². The summed E-state index contributed by atoms with van der Waals surface area (Å²) in [5.74, 6) is -1.75. The summed E-state index contributed by atoms with van der Waals surface area (Å²) in [6.07, 6.45) is 3.14. The standard InChI is InChI=1S/C13H10FN3O3/c14-11-5-1-4-10(12(11)17(19)20)13(18)16-8-9-3-2-6-15-7-9/h1-7H,8H2,(H,16,18). The summed E-state index contributed by atoms with van der Waals surface area (Å²) in [4.78, 5) is 25.7. The zero-order chi connectivity index (χ0) is 14.5. The molecule has 0 atom stereocenters. The van der Waals surface area contributed by atoms with Crippen molar-refractivity contribution in [3.63, 3.8) is 0 Å². The van der Waals surface area contributed by atoms with E-state index >= 15 is 0 Å². The minimum Gasteiger partial charge on any atom is -0.348 e. The molecule has 0 spiro atoms. The quantitative estimate of drug-likeness (QED) is 0.683. The summed E-state index contributed by atoms with van der Waals surface area (Å²) in [5.41, 5.74) is -0.394. The maximum absolute atomic E-state index is 13.4. The summed E-state index contributed by atoms with van der Waals surface area (Å²) < 4.78 is 13.4. The Morgan fingerprint density at radius 1 is 1.35 bits per heavy atom. The van der Waals surface area contributed by atoms with E-state index in [9.17, 15) is 19.3 Å². The van der Waals surface area contributed by atoms with Gasteiger partial charge in [0.1, 0.15) is 5.56 Å². The zero-order valence-electron chi connectivity index (χ0n) is 10.2. The fourth-order valence-electron chi connectivity index (χ4n) is 1.66. The maximum Gasteiger partial charge on any atom is 0.317 e. The van der Waals surface area contributed by atoms with Crippen LogP contribution in [0.3, 0.4) is 0 Å². The van der Waals surface area contributed by atoms with Gasteiger partial charge >= 0.3 is 5.69 Å². The predicted octanol–water partition coefficient (Wildman–Crippen LogP) is 2.06. The third-order valence-electron chi connectivity index (χ3n) is 2.59. The number of carbonyl (C=O) groups is 1. The number of nitro benzene ring substituents is 1. The average molecular weight is 275 g/mol. The molecule has 7 heteroatoms. The fraction of sp³-hybridized carbons (Fsp3) is 0.0769. The molecule has 1 heterocycles. The smallest absolute Gasteiger partial charge is 0.317 e. The topological polar surface area (TPSA) is 85.1 Å². The number of carbonyl (C=O) groups excluding carboxylic acids is 1. The van der Waals surface area contributed by atoms with E-state index in [0.29, 0.717) is 0 Å². The summed E-state index contributed by atoms with van der Waals surface area (Å²) in [6, 6.07) is 6.84. The molecule has 0 bridgehead atoms. The maximum atomic E-state index is 13.4. The normalized spacial score (nSPS) is 10.1. The van der Waals surface area contributed by atoms with E-state index in [0.717, 1.165) is 11.6 Å². The summed E-state index contributed by atoms with van der Waals surface area (Å²) in [7, 11) is 0. The van der Waals surface area contributed by atoms with Crippen molar-refractivity contribution in [3.8, 4) is 0 Å². The SMILES string of the molecule is O=C(NCc1cccnc1)c1cccc(F)c1[N+](=O)[O-]. The van der Waals surface area contributed by atoms with Gasteiger partial charge in [-0.25, -0.2) is 0 Å². The van der Waals surface area contributed by atoms with E-state index in [2.05, 4.69) is 10.3 Å². The number of halogens is 1. The Hall–Kier alpha value is -2.83. The molecule has 1 aromatic carbocycles. The van der Waals surface area contributed by atoms with Crippen LogP contribution < -0.4 is 5.32 Å². The molecule has 0 aliphatic carbocycles. The second-order valence-electron chi connectivity index (χ2n) is 3.94. The van der Waals surface area contributed by atoms with Gasteiger partial charge in [-0.1, -0.05) is 12.1 Å². The molecule has 0 radical (unpaired) electrons. The van der Waals surface area contributed by atoms with Crippen LogP contribution in [0.4, 0.5) is 10.1 Å². The summed E-state index contributed by atoms with van der Waals surface area (Å²) >= 11 is 0. The Morgan fingerprint density at radius 3 is 2.80 bits per heavy atom. The highest BCUT2D eigenvalue weighted by molar-refractivity contribution is 5.98. The molecular formula is C13H10FN3O3. The third-order valence-corrected chi connectivity index (χ3v) is 2.59. The van der Waals surface area contributed by atoms with Gasteiger partial charge in [-0.2, -0.15) is 4.39 Å². The largest absolute Gasteiger partial charge is 0.348 e. The highest BCUT2D eigenvalue weighted by Crippen LogP contribution is 2.22. The lowest BCUT2D eigenvalue weighted by atomic mass is 10.1. The second-order valence-corrected chi connectivity index (χ2v) is 3.94. The average Bonchev–Trinajstić information content (AvgIpc) is 2.45. The molecular weight excluding hydrogens is 265 g/mol. The third kappa shape index (κ3) is 2.94. The van der Waals surface area contributed by atoms with Gasteiger partial charge in [-0.15, -0.1) is 0 Å². The first-order chi connectivity index (χ1) is 9.59. The predicted molar refractivity (Wildman–Crippen MR) is 68.5 cm³/mol. The zero-order valence-corrected chi connectivity index (χ0v) is 10.2. The molecule has 1 amide bonds. The molecule has 2 rings (SSSR count). The minimum absolute atomic E-state index is 0.153. The Balaban J connectivity index is 2.18. The van der Waals surface area contributed by atoms with E-state index in [4.69, 9.17) is 0 Å². The van der Waals surface area contributed by atoms with Crippen molar-refractivity contribution in [1.29, 1.82) is 0 Å². The van der Waals surface area contributed by atoms with Gasteiger partial charge < -0.3 is 5.32 Å². The van der Waals surface area contributed by atoms with Crippen molar-refractivity contribution in [1.82, 2.24) is 10.3 Å². The van der Waals surface area contributed by atoms with Crippen LogP contribution >= 0.6 is 0 Å². The number of nitrogens with one attached hydrogen (secondary N) is 1. The van der Waals surface area contributed by atoms with E-state index in [-0.39, 0.29) is 12.1 Å². The van der Waals surface area contributed by atoms with Crippen LogP contribution in [0, 0.1) is 15.9 Å². The number of para-hydroxylation sites is 1. The molecule has 0 fully saturated rings. The second kappa shape index (κ2) is 5.87. The first-order valence-corrected chi connectivity index (χ1v) is 5.69. The molecule has 102 valence electrons. The Kier molecular flexibility index (Phi) is 3.99. The molecule has 0 aliphatic rings. The molecule has 0 aliphatic heterocycles. The monoisotopic (exact) mass is 275 g/mol. The number of aromatic nitrogens is 1. The molecule has 0 saturated heterocycles. The van der Waals surface area contributed by atoms with Crippen molar-refractivity contribution in [2.75, 3.05) is 0 Å². The number of hydrogen-bond donors (Lipinski definition) is 1. The van der Waals surface area contributed by atoms with Crippen LogP contribution in [0.15, 0.2) is 42.7 Å². The van der Waals surface area contributed by atoms with Crippen molar-refractivity contribution in [3.05, 3.63) is 69.8 Å². The molecule has 2 aromatic rings. The fourth-order valence-corrected chi connectivity index (χ4v) is 1.66. The highest BCUT2D eigenvalue weighted by atomic mass is 19.1. The van der Waals surface area contributed by atoms with Gasteiger partial charge in [0.05, 0.1) is 4.92 Å². The lowest BCUT2D eigenvalue weighted by molar-refractivity contribution is -0.387. The van der Waals surface area contributed by atoms with Crippen molar-refractivity contribution < 1.29 is 14.1 Å².